The van der Waals surface area contributed by atoms with Gasteiger partial charge in [-0.15, -0.1) is 0 Å². The van der Waals surface area contributed by atoms with E-state index in [1.807, 2.05) is 42.5 Å². The van der Waals surface area contributed by atoms with E-state index in [1.165, 1.54) is 5.56 Å². The monoisotopic (exact) mass is 246 g/mol. The molecule has 0 saturated carbocycles. The first-order valence-electron chi connectivity index (χ1n) is 5.47. The maximum absolute atomic E-state index is 5.63. The first kappa shape index (κ1) is 11.9. The third kappa shape index (κ3) is 3.21. The lowest BCUT2D eigenvalue weighted by Gasteiger charge is -2.10. The fourth-order valence-corrected chi connectivity index (χ4v) is 2.02. The smallest absolute Gasteiger partial charge is 0.275 e. The minimum absolute atomic E-state index is 0.0202. The second-order valence-electron chi connectivity index (χ2n) is 3.80. The van der Waals surface area contributed by atoms with Crippen LogP contribution in [0.15, 0.2) is 48.5 Å². The van der Waals surface area contributed by atoms with Crippen molar-refractivity contribution in [1.29, 1.82) is 0 Å². The van der Waals surface area contributed by atoms with Crippen LogP contribution in [0.5, 0.6) is 11.5 Å². The number of rotatable bonds is 4. The maximum Gasteiger partial charge on any atom is 0.275 e. The topological polar surface area (TPSA) is 18.5 Å². The van der Waals surface area contributed by atoms with Crippen molar-refractivity contribution < 1.29 is 9.05 Å². The summed E-state index contributed by atoms with van der Waals surface area (Å²) in [5.41, 5.74) is 2.39. The average Bonchev–Trinajstić information content (AvgIpc) is 2.36. The van der Waals surface area contributed by atoms with Crippen LogP contribution in [0.2, 0.25) is 0 Å². The SMILES string of the molecule is Cc1cccc(OPOc2ccccc2)c1C. The number of hydrogen-bond acceptors (Lipinski definition) is 2. The summed E-state index contributed by atoms with van der Waals surface area (Å²) in [5.74, 6) is 1.72. The van der Waals surface area contributed by atoms with Gasteiger partial charge in [-0.05, 0) is 43.2 Å². The fourth-order valence-electron chi connectivity index (χ4n) is 1.44. The molecule has 0 N–H and O–H groups in total. The second kappa shape index (κ2) is 5.70. The van der Waals surface area contributed by atoms with E-state index in [1.54, 1.807) is 0 Å². The van der Waals surface area contributed by atoms with Crippen molar-refractivity contribution in [1.82, 2.24) is 0 Å². The lowest BCUT2D eigenvalue weighted by Crippen LogP contribution is -1.89. The molecule has 0 aliphatic heterocycles. The summed E-state index contributed by atoms with van der Waals surface area (Å²) >= 11 is 0. The van der Waals surface area contributed by atoms with Crippen LogP contribution in [-0.4, -0.2) is 0 Å². The molecular weight excluding hydrogens is 231 g/mol. The third-order valence-electron chi connectivity index (χ3n) is 2.61. The van der Waals surface area contributed by atoms with E-state index >= 15 is 0 Å². The van der Waals surface area contributed by atoms with Gasteiger partial charge >= 0.3 is 0 Å². The van der Waals surface area contributed by atoms with E-state index in [4.69, 9.17) is 9.05 Å². The summed E-state index contributed by atoms with van der Waals surface area (Å²) in [6.45, 7) is 4.13. The van der Waals surface area contributed by atoms with Crippen molar-refractivity contribution in [3.8, 4) is 11.5 Å². The largest absolute Gasteiger partial charge is 0.441 e. The van der Waals surface area contributed by atoms with Crippen LogP contribution in [0.4, 0.5) is 0 Å². The van der Waals surface area contributed by atoms with E-state index in [-0.39, 0.29) is 9.03 Å². The average molecular weight is 246 g/mol. The van der Waals surface area contributed by atoms with Gasteiger partial charge in [0.1, 0.15) is 11.5 Å². The van der Waals surface area contributed by atoms with Gasteiger partial charge in [0.25, 0.3) is 9.03 Å². The van der Waals surface area contributed by atoms with Gasteiger partial charge in [0.2, 0.25) is 0 Å². The summed E-state index contributed by atoms with van der Waals surface area (Å²) in [4.78, 5) is 0. The molecule has 0 bridgehead atoms. The Morgan fingerprint density at radius 1 is 0.824 bits per heavy atom. The zero-order valence-corrected chi connectivity index (χ0v) is 10.9. The van der Waals surface area contributed by atoms with Gasteiger partial charge in [-0.25, -0.2) is 0 Å². The van der Waals surface area contributed by atoms with Crippen molar-refractivity contribution in [3.63, 3.8) is 0 Å². The molecule has 0 spiro atoms. The third-order valence-corrected chi connectivity index (χ3v) is 3.23. The molecule has 0 saturated heterocycles. The molecule has 2 aromatic carbocycles. The van der Waals surface area contributed by atoms with Crippen LogP contribution < -0.4 is 9.05 Å². The zero-order valence-electron chi connectivity index (χ0n) is 9.94. The zero-order chi connectivity index (χ0) is 12.1. The number of aryl methyl sites for hydroxylation is 1. The van der Waals surface area contributed by atoms with Gasteiger partial charge in [-0.3, -0.25) is 0 Å². The van der Waals surface area contributed by atoms with E-state index in [0.29, 0.717) is 0 Å². The lowest BCUT2D eigenvalue weighted by atomic mass is 10.1. The molecule has 0 radical (unpaired) electrons. The molecule has 0 fully saturated rings. The highest BCUT2D eigenvalue weighted by atomic mass is 31.1. The van der Waals surface area contributed by atoms with E-state index in [2.05, 4.69) is 19.9 Å². The quantitative estimate of drug-likeness (QED) is 0.750. The summed E-state index contributed by atoms with van der Waals surface area (Å²) in [5, 5.41) is 0. The Morgan fingerprint density at radius 3 is 2.35 bits per heavy atom. The van der Waals surface area contributed by atoms with E-state index in [9.17, 15) is 0 Å². The lowest BCUT2D eigenvalue weighted by molar-refractivity contribution is 0.513. The standard InChI is InChI=1S/C14H15O2P/c1-11-7-6-10-14(12(11)2)16-17-15-13-8-4-3-5-9-13/h3-10,17H,1-2H3. The highest BCUT2D eigenvalue weighted by Crippen LogP contribution is 2.28. The molecule has 2 rings (SSSR count). The Labute approximate surface area is 104 Å². The van der Waals surface area contributed by atoms with Gasteiger partial charge < -0.3 is 9.05 Å². The van der Waals surface area contributed by atoms with Crippen molar-refractivity contribution in [2.24, 2.45) is 0 Å². The number of hydrogen-bond donors (Lipinski definition) is 0. The molecule has 0 amide bonds. The Hall–Kier alpha value is -1.53. The molecule has 1 atom stereocenters. The van der Waals surface area contributed by atoms with Crippen molar-refractivity contribution in [2.45, 2.75) is 13.8 Å². The van der Waals surface area contributed by atoms with Crippen molar-refractivity contribution in [3.05, 3.63) is 59.7 Å². The highest BCUT2D eigenvalue weighted by molar-refractivity contribution is 7.27. The minimum atomic E-state index is -0.0202. The highest BCUT2D eigenvalue weighted by Gasteiger charge is 2.02. The Kier molecular flexibility index (Phi) is 4.00. The van der Waals surface area contributed by atoms with Gasteiger partial charge in [-0.2, -0.15) is 0 Å². The molecular formula is C14H15O2P. The number of benzene rings is 2. The Balaban J connectivity index is 1.93. The first-order valence-corrected chi connectivity index (χ1v) is 6.29. The molecule has 0 aliphatic carbocycles. The molecule has 3 heteroatoms. The van der Waals surface area contributed by atoms with E-state index in [0.717, 1.165) is 17.1 Å². The van der Waals surface area contributed by atoms with Gasteiger partial charge in [0.05, 0.1) is 0 Å². The molecule has 0 heterocycles. The van der Waals surface area contributed by atoms with Gasteiger partial charge in [0.15, 0.2) is 0 Å². The molecule has 1 unspecified atom stereocenters. The van der Waals surface area contributed by atoms with Crippen molar-refractivity contribution in [2.75, 3.05) is 0 Å². The fraction of sp³-hybridized carbons (Fsp3) is 0.143. The van der Waals surface area contributed by atoms with Crippen LogP contribution in [0.1, 0.15) is 11.1 Å². The van der Waals surface area contributed by atoms with Crippen LogP contribution in [0, 0.1) is 13.8 Å². The van der Waals surface area contributed by atoms with Crippen LogP contribution in [-0.2, 0) is 0 Å². The minimum Gasteiger partial charge on any atom is -0.441 e. The van der Waals surface area contributed by atoms with Crippen molar-refractivity contribution >= 4 is 9.03 Å². The maximum atomic E-state index is 5.63. The molecule has 0 aromatic heterocycles. The molecule has 2 aromatic rings. The normalized spacial score (nSPS) is 10.7. The second-order valence-corrected chi connectivity index (χ2v) is 4.37. The Bertz CT molecular complexity index is 483. The van der Waals surface area contributed by atoms with E-state index < -0.39 is 0 Å². The predicted octanol–water partition coefficient (Wildman–Crippen LogP) is 4.27. The van der Waals surface area contributed by atoms with Crippen LogP contribution in [0.3, 0.4) is 0 Å². The number of para-hydroxylation sites is 1. The summed E-state index contributed by atoms with van der Waals surface area (Å²) in [7, 11) is -0.0202. The van der Waals surface area contributed by atoms with Crippen LogP contribution >= 0.6 is 9.03 Å². The first-order chi connectivity index (χ1) is 8.27. The van der Waals surface area contributed by atoms with Gasteiger partial charge in [-0.1, -0.05) is 30.3 Å². The van der Waals surface area contributed by atoms with Gasteiger partial charge in [0, 0.05) is 0 Å². The molecule has 88 valence electrons. The predicted molar refractivity (Wildman–Crippen MR) is 71.9 cm³/mol. The molecule has 2 nitrogen and oxygen atoms in total. The molecule has 17 heavy (non-hydrogen) atoms. The summed E-state index contributed by atoms with van der Waals surface area (Å²) in [6, 6.07) is 15.7. The summed E-state index contributed by atoms with van der Waals surface area (Å²) < 4.78 is 11.1. The summed E-state index contributed by atoms with van der Waals surface area (Å²) in [6.07, 6.45) is 0. The Morgan fingerprint density at radius 2 is 1.59 bits per heavy atom. The van der Waals surface area contributed by atoms with Crippen LogP contribution in [0.25, 0.3) is 0 Å². The molecule has 0 aliphatic rings.